The van der Waals surface area contributed by atoms with E-state index in [4.69, 9.17) is 34.8 Å². The van der Waals surface area contributed by atoms with Crippen molar-refractivity contribution in [1.82, 2.24) is 9.55 Å². The first-order valence-electron chi connectivity index (χ1n) is 6.14. The van der Waals surface area contributed by atoms with Crippen LogP contribution in [0.5, 0.6) is 0 Å². The van der Waals surface area contributed by atoms with Crippen molar-refractivity contribution in [2.45, 2.75) is 28.8 Å². The lowest BCUT2D eigenvalue weighted by molar-refractivity contribution is 0.145. The zero-order valence-electron chi connectivity index (χ0n) is 10.3. The van der Waals surface area contributed by atoms with Gasteiger partial charge in [0.05, 0.1) is 10.9 Å². The van der Waals surface area contributed by atoms with E-state index >= 15 is 0 Å². The molecule has 2 atom stereocenters. The van der Waals surface area contributed by atoms with Gasteiger partial charge in [-0.3, -0.25) is 9.36 Å². The maximum atomic E-state index is 12.4. The van der Waals surface area contributed by atoms with Crippen molar-refractivity contribution < 1.29 is 5.11 Å². The van der Waals surface area contributed by atoms with E-state index in [9.17, 15) is 9.90 Å². The van der Waals surface area contributed by atoms with Crippen molar-refractivity contribution in [1.29, 1.82) is 0 Å². The number of aromatic nitrogens is 2. The number of fused-ring (bicyclic) bond motifs is 2. The largest absolute Gasteiger partial charge is 0.388 e. The van der Waals surface area contributed by atoms with Gasteiger partial charge in [-0.2, -0.15) is 0 Å². The zero-order chi connectivity index (χ0) is 14.5. The number of hydrogen-bond donors (Lipinski definition) is 1. The van der Waals surface area contributed by atoms with Crippen molar-refractivity contribution in [2.75, 3.05) is 0 Å². The maximum Gasteiger partial charge on any atom is 0.261 e. The van der Waals surface area contributed by atoms with E-state index in [1.54, 1.807) is 28.8 Å². The number of nitrogens with zero attached hydrogens (tertiary/aromatic N) is 2. The van der Waals surface area contributed by atoms with Gasteiger partial charge in [0.1, 0.15) is 11.9 Å². The second-order valence-electron chi connectivity index (χ2n) is 4.83. The van der Waals surface area contributed by atoms with Gasteiger partial charge in [0.25, 0.3) is 5.56 Å². The fourth-order valence-corrected chi connectivity index (χ4v) is 3.07. The topological polar surface area (TPSA) is 55.1 Å². The lowest BCUT2D eigenvalue weighted by Crippen LogP contribution is -2.32. The van der Waals surface area contributed by atoms with Crippen LogP contribution < -0.4 is 5.56 Å². The number of hydrogen-bond acceptors (Lipinski definition) is 3. The number of para-hydroxylation sites is 1. The van der Waals surface area contributed by atoms with Gasteiger partial charge in [0, 0.05) is 12.5 Å². The number of aliphatic hydroxyl groups excluding tert-OH is 1. The summed E-state index contributed by atoms with van der Waals surface area (Å²) >= 11 is 17.3. The van der Waals surface area contributed by atoms with Crippen LogP contribution in [0.3, 0.4) is 0 Å². The highest BCUT2D eigenvalue weighted by Crippen LogP contribution is 2.41. The number of benzene rings is 1. The molecule has 0 radical (unpaired) electrons. The molecule has 1 aromatic heterocycles. The highest BCUT2D eigenvalue weighted by molar-refractivity contribution is 6.68. The van der Waals surface area contributed by atoms with Crippen LogP contribution in [-0.4, -0.2) is 24.6 Å². The molecule has 0 fully saturated rings. The summed E-state index contributed by atoms with van der Waals surface area (Å²) in [6.45, 7) is 0.467. The summed E-state index contributed by atoms with van der Waals surface area (Å²) in [5.41, 5.74) is 0.469. The summed E-state index contributed by atoms with van der Waals surface area (Å²) < 4.78 is -0.254. The molecular weight excluding hydrogens is 323 g/mol. The zero-order valence-corrected chi connectivity index (χ0v) is 12.5. The molecule has 0 saturated carbocycles. The second kappa shape index (κ2) is 4.88. The summed E-state index contributed by atoms with van der Waals surface area (Å²) in [6.07, 6.45) is -0.678. The van der Waals surface area contributed by atoms with Crippen LogP contribution in [0, 0.1) is 0 Å². The minimum atomic E-state index is -1.80. The first-order valence-corrected chi connectivity index (χ1v) is 7.27. The summed E-state index contributed by atoms with van der Waals surface area (Å²) in [6, 6.07) is 7.09. The van der Waals surface area contributed by atoms with Crippen molar-refractivity contribution in [3.8, 4) is 0 Å². The molecule has 4 nitrogen and oxygen atoms in total. The standard InChI is InChI=1S/C13H11Cl3N2O2/c14-13(15,16)10(19)8-5-6-18-11(8)17-9-4-2-1-3-7(9)12(18)20/h1-4,8,10,19H,5-6H2. The molecule has 2 aromatic rings. The van der Waals surface area contributed by atoms with E-state index in [1.807, 2.05) is 0 Å². The van der Waals surface area contributed by atoms with Crippen LogP contribution in [-0.2, 0) is 6.54 Å². The van der Waals surface area contributed by atoms with Crippen molar-refractivity contribution in [3.63, 3.8) is 0 Å². The van der Waals surface area contributed by atoms with Gasteiger partial charge in [0.15, 0.2) is 0 Å². The molecule has 20 heavy (non-hydrogen) atoms. The Morgan fingerprint density at radius 2 is 2.05 bits per heavy atom. The van der Waals surface area contributed by atoms with E-state index in [-0.39, 0.29) is 5.56 Å². The highest BCUT2D eigenvalue weighted by Gasteiger charge is 2.42. The quantitative estimate of drug-likeness (QED) is 0.816. The van der Waals surface area contributed by atoms with Crippen LogP contribution in [0.25, 0.3) is 10.9 Å². The molecule has 0 saturated heterocycles. The Morgan fingerprint density at radius 3 is 2.75 bits per heavy atom. The molecular formula is C13H11Cl3N2O2. The van der Waals surface area contributed by atoms with Gasteiger partial charge in [-0.1, -0.05) is 46.9 Å². The van der Waals surface area contributed by atoms with Crippen LogP contribution in [0.2, 0.25) is 0 Å². The molecule has 0 bridgehead atoms. The first kappa shape index (κ1) is 14.1. The van der Waals surface area contributed by atoms with Gasteiger partial charge in [0.2, 0.25) is 3.79 Å². The molecule has 2 heterocycles. The van der Waals surface area contributed by atoms with Gasteiger partial charge >= 0.3 is 0 Å². The number of aliphatic hydroxyl groups is 1. The maximum absolute atomic E-state index is 12.4. The minimum Gasteiger partial charge on any atom is -0.388 e. The predicted molar refractivity (Wildman–Crippen MR) is 79.7 cm³/mol. The fourth-order valence-electron chi connectivity index (χ4n) is 2.61. The average molecular weight is 334 g/mol. The van der Waals surface area contributed by atoms with Gasteiger partial charge in [-0.05, 0) is 18.6 Å². The van der Waals surface area contributed by atoms with Crippen LogP contribution in [0.1, 0.15) is 18.2 Å². The van der Waals surface area contributed by atoms with E-state index in [1.165, 1.54) is 0 Å². The summed E-state index contributed by atoms with van der Waals surface area (Å²) in [5.74, 6) is 0.0207. The first-order chi connectivity index (χ1) is 9.39. The van der Waals surface area contributed by atoms with Crippen LogP contribution >= 0.6 is 34.8 Å². The molecule has 7 heteroatoms. The molecule has 0 spiro atoms. The van der Waals surface area contributed by atoms with Crippen LogP contribution in [0.4, 0.5) is 0 Å². The monoisotopic (exact) mass is 332 g/mol. The predicted octanol–water partition coefficient (Wildman–Crippen LogP) is 2.61. The Kier molecular flexibility index (Phi) is 3.45. The van der Waals surface area contributed by atoms with E-state index < -0.39 is 15.8 Å². The number of alkyl halides is 3. The van der Waals surface area contributed by atoms with Gasteiger partial charge < -0.3 is 5.11 Å². The molecule has 3 rings (SSSR count). The smallest absolute Gasteiger partial charge is 0.261 e. The third kappa shape index (κ3) is 2.21. The van der Waals surface area contributed by atoms with Crippen molar-refractivity contribution in [3.05, 3.63) is 40.4 Å². The third-order valence-electron chi connectivity index (χ3n) is 3.60. The van der Waals surface area contributed by atoms with E-state index in [0.717, 1.165) is 0 Å². The highest BCUT2D eigenvalue weighted by atomic mass is 35.6. The van der Waals surface area contributed by atoms with E-state index in [0.29, 0.717) is 29.7 Å². The van der Waals surface area contributed by atoms with Crippen molar-refractivity contribution in [2.24, 2.45) is 0 Å². The number of halogens is 3. The Labute approximate surface area is 129 Å². The normalized spacial score (nSPS) is 20.1. The summed E-state index contributed by atoms with van der Waals surface area (Å²) in [7, 11) is 0. The molecule has 2 unspecified atom stereocenters. The SMILES string of the molecule is O=c1c2ccccc2nc2n1CCC2C(O)C(Cl)(Cl)Cl. The molecule has 0 aliphatic carbocycles. The minimum absolute atomic E-state index is 0.121. The Morgan fingerprint density at radius 1 is 1.35 bits per heavy atom. The molecule has 1 aromatic carbocycles. The van der Waals surface area contributed by atoms with Crippen molar-refractivity contribution >= 4 is 45.7 Å². The Balaban J connectivity index is 2.17. The number of rotatable bonds is 1. The molecule has 106 valence electrons. The van der Waals surface area contributed by atoms with Gasteiger partial charge in [-0.15, -0.1) is 0 Å². The average Bonchev–Trinajstić information content (AvgIpc) is 2.81. The fraction of sp³-hybridized carbons (Fsp3) is 0.385. The Hall–Kier alpha value is -0.810. The Bertz CT molecular complexity index is 724. The van der Waals surface area contributed by atoms with Crippen LogP contribution in [0.15, 0.2) is 29.1 Å². The molecule has 1 N–H and O–H groups in total. The lowest BCUT2D eigenvalue weighted by atomic mass is 10.0. The summed E-state index contributed by atoms with van der Waals surface area (Å²) in [5, 5.41) is 10.7. The molecule has 0 amide bonds. The van der Waals surface area contributed by atoms with E-state index in [2.05, 4.69) is 4.98 Å². The second-order valence-corrected chi connectivity index (χ2v) is 7.19. The summed E-state index contributed by atoms with van der Waals surface area (Å²) in [4.78, 5) is 16.8. The lowest BCUT2D eigenvalue weighted by Gasteiger charge is -2.24. The molecule has 1 aliphatic heterocycles. The molecule has 1 aliphatic rings. The third-order valence-corrected chi connectivity index (χ3v) is 4.27. The van der Waals surface area contributed by atoms with Gasteiger partial charge in [-0.25, -0.2) is 4.98 Å².